The van der Waals surface area contributed by atoms with Gasteiger partial charge in [-0.05, 0) is 12.5 Å². The third kappa shape index (κ3) is 1.45. The standard InChI is InChI=1S/C8H9N3O/c1-6-4-8(12)11(3-2-9)5-7(6)10/h4-5H,3,10H2,1H3. The SMILES string of the molecule is Cc1cc(=O)n(CC#N)cc1N. The maximum atomic E-state index is 11.1. The molecule has 0 spiro atoms. The first-order valence-electron chi connectivity index (χ1n) is 3.48. The molecular formula is C8H9N3O. The minimum absolute atomic E-state index is 0.0450. The third-order valence-corrected chi connectivity index (χ3v) is 1.61. The Bertz CT molecular complexity index is 386. The van der Waals surface area contributed by atoms with Gasteiger partial charge in [-0.3, -0.25) is 9.36 Å². The zero-order valence-electron chi connectivity index (χ0n) is 6.74. The summed E-state index contributed by atoms with van der Waals surface area (Å²) < 4.78 is 1.28. The van der Waals surface area contributed by atoms with Crippen molar-refractivity contribution in [3.05, 3.63) is 28.2 Å². The van der Waals surface area contributed by atoms with Crippen LogP contribution in [0.1, 0.15) is 5.56 Å². The maximum absolute atomic E-state index is 11.1. The van der Waals surface area contributed by atoms with Crippen molar-refractivity contribution in [3.8, 4) is 6.07 Å². The molecule has 4 nitrogen and oxygen atoms in total. The molecule has 12 heavy (non-hydrogen) atoms. The largest absolute Gasteiger partial charge is 0.397 e. The Hall–Kier alpha value is -1.76. The van der Waals surface area contributed by atoms with Crippen LogP contribution >= 0.6 is 0 Å². The molecule has 0 saturated heterocycles. The first-order chi connectivity index (χ1) is 5.65. The zero-order chi connectivity index (χ0) is 9.14. The first kappa shape index (κ1) is 8.34. The predicted octanol–water partition coefficient (Wildman–Crippen LogP) is 0.263. The summed E-state index contributed by atoms with van der Waals surface area (Å²) >= 11 is 0. The van der Waals surface area contributed by atoms with Gasteiger partial charge >= 0.3 is 0 Å². The fourth-order valence-electron chi connectivity index (χ4n) is 0.885. The van der Waals surface area contributed by atoms with Gasteiger partial charge in [-0.2, -0.15) is 5.26 Å². The molecule has 0 atom stereocenters. The zero-order valence-corrected chi connectivity index (χ0v) is 6.74. The van der Waals surface area contributed by atoms with Gasteiger partial charge in [-0.1, -0.05) is 0 Å². The molecule has 0 aliphatic heterocycles. The second kappa shape index (κ2) is 3.09. The van der Waals surface area contributed by atoms with E-state index in [4.69, 9.17) is 11.0 Å². The van der Waals surface area contributed by atoms with Gasteiger partial charge in [0.1, 0.15) is 6.54 Å². The number of hydrogen-bond acceptors (Lipinski definition) is 3. The Morgan fingerprint density at radius 3 is 3.00 bits per heavy atom. The molecule has 0 bridgehead atoms. The monoisotopic (exact) mass is 163 g/mol. The topological polar surface area (TPSA) is 71.8 Å². The molecule has 0 saturated carbocycles. The van der Waals surface area contributed by atoms with Crippen LogP contribution in [0.4, 0.5) is 5.69 Å². The molecule has 1 heterocycles. The van der Waals surface area contributed by atoms with Crippen molar-refractivity contribution in [1.82, 2.24) is 4.57 Å². The number of pyridine rings is 1. The van der Waals surface area contributed by atoms with Gasteiger partial charge in [0.2, 0.25) is 0 Å². The van der Waals surface area contributed by atoms with E-state index < -0.39 is 0 Å². The van der Waals surface area contributed by atoms with Gasteiger partial charge in [0.15, 0.2) is 0 Å². The lowest BCUT2D eigenvalue weighted by Gasteiger charge is -2.03. The van der Waals surface area contributed by atoms with Crippen LogP contribution in [-0.2, 0) is 6.54 Å². The van der Waals surface area contributed by atoms with E-state index in [2.05, 4.69) is 0 Å². The Kier molecular flexibility index (Phi) is 2.15. The molecule has 0 radical (unpaired) electrons. The smallest absolute Gasteiger partial charge is 0.251 e. The highest BCUT2D eigenvalue weighted by atomic mass is 16.1. The van der Waals surface area contributed by atoms with Crippen molar-refractivity contribution in [2.24, 2.45) is 0 Å². The number of aryl methyl sites for hydroxylation is 1. The van der Waals surface area contributed by atoms with E-state index in [0.717, 1.165) is 5.56 Å². The number of nitrogens with two attached hydrogens (primary N) is 1. The van der Waals surface area contributed by atoms with Gasteiger partial charge in [-0.25, -0.2) is 0 Å². The molecule has 0 aliphatic carbocycles. The summed E-state index contributed by atoms with van der Waals surface area (Å²) in [5, 5.41) is 8.35. The number of nitrogens with zero attached hydrogens (tertiary/aromatic N) is 2. The number of hydrogen-bond donors (Lipinski definition) is 1. The molecule has 0 fully saturated rings. The molecule has 0 unspecified atom stereocenters. The molecule has 1 rings (SSSR count). The molecule has 4 heteroatoms. The van der Waals surface area contributed by atoms with Crippen LogP contribution in [-0.4, -0.2) is 4.57 Å². The van der Waals surface area contributed by atoms with Crippen molar-refractivity contribution < 1.29 is 0 Å². The lowest BCUT2D eigenvalue weighted by Crippen LogP contribution is -2.19. The highest BCUT2D eigenvalue weighted by molar-refractivity contribution is 5.43. The summed E-state index contributed by atoms with van der Waals surface area (Å²) in [6.07, 6.45) is 1.49. The molecule has 0 aliphatic rings. The second-order valence-electron chi connectivity index (χ2n) is 2.54. The number of aromatic nitrogens is 1. The normalized spacial score (nSPS) is 9.33. The molecule has 0 amide bonds. The Morgan fingerprint density at radius 2 is 2.42 bits per heavy atom. The lowest BCUT2D eigenvalue weighted by molar-refractivity contribution is 0.788. The molecule has 62 valence electrons. The number of nitrogen functional groups attached to an aromatic ring is 1. The molecular weight excluding hydrogens is 154 g/mol. The van der Waals surface area contributed by atoms with E-state index in [9.17, 15) is 4.79 Å². The van der Waals surface area contributed by atoms with E-state index >= 15 is 0 Å². The average molecular weight is 163 g/mol. The van der Waals surface area contributed by atoms with E-state index in [-0.39, 0.29) is 12.1 Å². The second-order valence-corrected chi connectivity index (χ2v) is 2.54. The molecule has 2 N–H and O–H groups in total. The highest BCUT2D eigenvalue weighted by Gasteiger charge is 1.98. The van der Waals surface area contributed by atoms with Gasteiger partial charge < -0.3 is 5.73 Å². The van der Waals surface area contributed by atoms with Crippen LogP contribution in [0.25, 0.3) is 0 Å². The number of anilines is 1. The molecule has 0 aromatic carbocycles. The summed E-state index contributed by atoms with van der Waals surface area (Å²) in [5.74, 6) is 0. The van der Waals surface area contributed by atoms with Crippen LogP contribution in [0, 0.1) is 18.3 Å². The number of rotatable bonds is 1. The van der Waals surface area contributed by atoms with Gasteiger partial charge in [0.25, 0.3) is 5.56 Å². The quantitative estimate of drug-likeness (QED) is 0.645. The summed E-state index contributed by atoms with van der Waals surface area (Å²) in [7, 11) is 0. The van der Waals surface area contributed by atoms with Crippen molar-refractivity contribution in [2.45, 2.75) is 13.5 Å². The van der Waals surface area contributed by atoms with Crippen molar-refractivity contribution in [3.63, 3.8) is 0 Å². The van der Waals surface area contributed by atoms with Crippen LogP contribution in [0.3, 0.4) is 0 Å². The summed E-state index contributed by atoms with van der Waals surface area (Å²) in [6.45, 7) is 1.80. The fourth-order valence-corrected chi connectivity index (χ4v) is 0.885. The van der Waals surface area contributed by atoms with E-state index in [1.165, 1.54) is 16.8 Å². The minimum Gasteiger partial charge on any atom is -0.397 e. The van der Waals surface area contributed by atoms with E-state index in [1.807, 2.05) is 6.07 Å². The van der Waals surface area contributed by atoms with Crippen LogP contribution < -0.4 is 11.3 Å². The minimum atomic E-state index is -0.191. The van der Waals surface area contributed by atoms with Gasteiger partial charge in [0, 0.05) is 12.3 Å². The summed E-state index contributed by atoms with van der Waals surface area (Å²) in [6, 6.07) is 3.30. The van der Waals surface area contributed by atoms with Gasteiger partial charge in [0.05, 0.1) is 11.8 Å². The lowest BCUT2D eigenvalue weighted by atomic mass is 10.2. The molecule has 1 aromatic heterocycles. The van der Waals surface area contributed by atoms with Crippen LogP contribution in [0.5, 0.6) is 0 Å². The average Bonchev–Trinajstić information content (AvgIpc) is 2.01. The van der Waals surface area contributed by atoms with E-state index in [1.54, 1.807) is 6.92 Å². The van der Waals surface area contributed by atoms with Crippen molar-refractivity contribution in [1.29, 1.82) is 5.26 Å². The summed E-state index contributed by atoms with van der Waals surface area (Å²) in [5.41, 5.74) is 6.64. The highest BCUT2D eigenvalue weighted by Crippen LogP contribution is 2.04. The van der Waals surface area contributed by atoms with E-state index in [0.29, 0.717) is 5.69 Å². The fraction of sp³-hybridized carbons (Fsp3) is 0.250. The maximum Gasteiger partial charge on any atom is 0.251 e. The van der Waals surface area contributed by atoms with Gasteiger partial charge in [-0.15, -0.1) is 0 Å². The molecule has 1 aromatic rings. The first-order valence-corrected chi connectivity index (χ1v) is 3.48. The van der Waals surface area contributed by atoms with Crippen LogP contribution in [0.2, 0.25) is 0 Å². The van der Waals surface area contributed by atoms with Crippen LogP contribution in [0.15, 0.2) is 17.1 Å². The Morgan fingerprint density at radius 1 is 1.75 bits per heavy atom. The Labute approximate surface area is 69.8 Å². The summed E-state index contributed by atoms with van der Waals surface area (Å²) in [4.78, 5) is 11.1. The third-order valence-electron chi connectivity index (χ3n) is 1.61. The number of nitriles is 1. The van der Waals surface area contributed by atoms with Crippen molar-refractivity contribution >= 4 is 5.69 Å². The predicted molar refractivity (Wildman–Crippen MR) is 45.5 cm³/mol. The van der Waals surface area contributed by atoms with Crippen molar-refractivity contribution in [2.75, 3.05) is 5.73 Å². The Balaban J connectivity index is 3.26.